The average molecular weight is 405 g/mol. The van der Waals surface area contributed by atoms with Crippen molar-refractivity contribution in [2.45, 2.75) is 51.5 Å². The number of likely N-dealkylation sites (tertiary alicyclic amines) is 1. The second-order valence-corrected chi connectivity index (χ2v) is 8.24. The Morgan fingerprint density at radius 3 is 2.47 bits per heavy atom. The van der Waals surface area contributed by atoms with E-state index in [-0.39, 0.29) is 30.4 Å². The fraction of sp³-hybridized carbons (Fsp3) is 0.400. The van der Waals surface area contributed by atoms with Crippen LogP contribution >= 0.6 is 0 Å². The molecule has 1 fully saturated rings. The highest BCUT2D eigenvalue weighted by Crippen LogP contribution is 2.23. The van der Waals surface area contributed by atoms with Gasteiger partial charge in [-0.1, -0.05) is 24.3 Å². The van der Waals surface area contributed by atoms with Crippen molar-refractivity contribution in [1.29, 1.82) is 0 Å². The highest BCUT2D eigenvalue weighted by Gasteiger charge is 2.19. The van der Waals surface area contributed by atoms with Crippen LogP contribution in [-0.2, 0) is 24.2 Å². The van der Waals surface area contributed by atoms with Crippen molar-refractivity contribution in [3.63, 3.8) is 0 Å². The van der Waals surface area contributed by atoms with Gasteiger partial charge in [0.15, 0.2) is 5.78 Å². The Kier molecular flexibility index (Phi) is 6.26. The Balaban J connectivity index is 1.26. The number of nitrogens with one attached hydrogen (secondary N) is 1. The van der Waals surface area contributed by atoms with E-state index in [1.54, 1.807) is 0 Å². The smallest absolute Gasteiger partial charge is 0.253 e. The number of rotatable bonds is 7. The van der Waals surface area contributed by atoms with Gasteiger partial charge in [0.05, 0.1) is 0 Å². The Hall–Kier alpha value is -2.95. The van der Waals surface area contributed by atoms with E-state index < -0.39 is 0 Å². The Morgan fingerprint density at radius 2 is 1.63 bits per heavy atom. The minimum Gasteiger partial charge on any atom is -0.352 e. The van der Waals surface area contributed by atoms with Gasteiger partial charge in [0.1, 0.15) is 0 Å². The van der Waals surface area contributed by atoms with Crippen LogP contribution in [0.4, 0.5) is 0 Å². The highest BCUT2D eigenvalue weighted by molar-refractivity contribution is 5.98. The summed E-state index contributed by atoms with van der Waals surface area (Å²) in [7, 11) is 0. The van der Waals surface area contributed by atoms with Crippen LogP contribution in [0.2, 0.25) is 0 Å². The first-order valence-electron chi connectivity index (χ1n) is 10.9. The number of aryl methyl sites for hydroxylation is 2. The van der Waals surface area contributed by atoms with Crippen molar-refractivity contribution in [2.24, 2.45) is 0 Å². The predicted molar refractivity (Wildman–Crippen MR) is 115 cm³/mol. The average Bonchev–Trinajstić information content (AvgIpc) is 3.47. The van der Waals surface area contributed by atoms with Gasteiger partial charge < -0.3 is 10.2 Å². The van der Waals surface area contributed by atoms with Crippen LogP contribution in [0.3, 0.4) is 0 Å². The molecule has 5 nitrogen and oxygen atoms in total. The van der Waals surface area contributed by atoms with Crippen molar-refractivity contribution in [3.8, 4) is 0 Å². The van der Waals surface area contributed by atoms with Crippen LogP contribution < -0.4 is 5.32 Å². The largest absolute Gasteiger partial charge is 0.352 e. The molecule has 1 aliphatic heterocycles. The minimum absolute atomic E-state index is 0.0121. The van der Waals surface area contributed by atoms with Gasteiger partial charge in [-0.05, 0) is 67.0 Å². The Bertz CT molecular complexity index is 961. The predicted octanol–water partition coefficient (Wildman–Crippen LogP) is 3.69. The van der Waals surface area contributed by atoms with Crippen molar-refractivity contribution >= 4 is 17.6 Å². The number of benzene rings is 2. The second-order valence-electron chi connectivity index (χ2n) is 8.24. The first-order valence-corrected chi connectivity index (χ1v) is 10.9. The van der Waals surface area contributed by atoms with E-state index >= 15 is 0 Å². The maximum Gasteiger partial charge on any atom is 0.253 e. The minimum atomic E-state index is -0.152. The molecule has 0 bridgehead atoms. The van der Waals surface area contributed by atoms with Gasteiger partial charge in [-0.15, -0.1) is 0 Å². The fourth-order valence-corrected chi connectivity index (χ4v) is 4.32. The zero-order valence-electron chi connectivity index (χ0n) is 17.3. The Labute approximate surface area is 177 Å². The summed E-state index contributed by atoms with van der Waals surface area (Å²) in [6, 6.07) is 13.3. The summed E-state index contributed by atoms with van der Waals surface area (Å²) in [4.78, 5) is 39.1. The van der Waals surface area contributed by atoms with Gasteiger partial charge in [0, 0.05) is 43.6 Å². The number of carbonyl (C=O) groups excluding carboxylic acids is 3. The van der Waals surface area contributed by atoms with Crippen LogP contribution in [0, 0.1) is 0 Å². The lowest BCUT2D eigenvalue weighted by molar-refractivity contribution is -0.121. The number of carbonyl (C=O) groups is 3. The van der Waals surface area contributed by atoms with E-state index in [1.165, 1.54) is 11.1 Å². The maximum atomic E-state index is 12.5. The molecule has 0 atom stereocenters. The summed E-state index contributed by atoms with van der Waals surface area (Å²) in [5.41, 5.74) is 4.87. The third kappa shape index (κ3) is 4.78. The molecule has 156 valence electrons. The van der Waals surface area contributed by atoms with E-state index in [1.807, 2.05) is 47.4 Å². The van der Waals surface area contributed by atoms with Crippen molar-refractivity contribution in [3.05, 3.63) is 70.3 Å². The second kappa shape index (κ2) is 9.24. The monoisotopic (exact) mass is 404 g/mol. The number of hydrogen-bond acceptors (Lipinski definition) is 3. The molecular formula is C25H28N2O3. The van der Waals surface area contributed by atoms with Gasteiger partial charge >= 0.3 is 0 Å². The van der Waals surface area contributed by atoms with Crippen LogP contribution in [0.5, 0.6) is 0 Å². The molecule has 5 heteroatoms. The lowest BCUT2D eigenvalue weighted by Crippen LogP contribution is -2.28. The first-order chi connectivity index (χ1) is 14.6. The Morgan fingerprint density at radius 1 is 0.833 bits per heavy atom. The molecule has 1 N–H and O–H groups in total. The van der Waals surface area contributed by atoms with E-state index in [2.05, 4.69) is 5.32 Å². The molecule has 4 rings (SSSR count). The van der Waals surface area contributed by atoms with Crippen molar-refractivity contribution in [1.82, 2.24) is 10.2 Å². The molecule has 0 radical (unpaired) electrons. The number of Topliss-reactive ketones (excluding diaryl/α,β-unsaturated/α-hetero) is 1. The molecule has 30 heavy (non-hydrogen) atoms. The summed E-state index contributed by atoms with van der Waals surface area (Å²) in [5, 5.41) is 2.87. The third-order valence-corrected chi connectivity index (χ3v) is 6.06. The third-order valence-electron chi connectivity index (χ3n) is 6.06. The van der Waals surface area contributed by atoms with Crippen LogP contribution in [0.1, 0.15) is 69.5 Å². The topological polar surface area (TPSA) is 66.5 Å². The quantitative estimate of drug-likeness (QED) is 0.716. The van der Waals surface area contributed by atoms with Crippen LogP contribution in [-0.4, -0.2) is 35.6 Å². The molecular weight excluding hydrogens is 376 g/mol. The van der Waals surface area contributed by atoms with Gasteiger partial charge in [-0.25, -0.2) is 0 Å². The zero-order valence-corrected chi connectivity index (χ0v) is 17.3. The summed E-state index contributed by atoms with van der Waals surface area (Å²) in [6.45, 7) is 1.99. The first kappa shape index (κ1) is 20.3. The molecule has 2 amide bonds. The normalized spacial score (nSPS) is 15.1. The lowest BCUT2D eigenvalue weighted by atomic mass is 10.0. The van der Waals surface area contributed by atoms with Gasteiger partial charge in [-0.2, -0.15) is 0 Å². The lowest BCUT2D eigenvalue weighted by Gasteiger charge is -2.15. The van der Waals surface area contributed by atoms with E-state index in [4.69, 9.17) is 0 Å². The van der Waals surface area contributed by atoms with E-state index in [0.717, 1.165) is 50.8 Å². The maximum absolute atomic E-state index is 12.5. The molecule has 2 aromatic carbocycles. The summed E-state index contributed by atoms with van der Waals surface area (Å²) in [6.07, 6.45) is 5.78. The SMILES string of the molecule is O=C(CCC(=O)c1ccc2c(c1)CCC2)NCc1cccc(C(=O)N2CCCC2)c1. The molecule has 0 aromatic heterocycles. The fourth-order valence-electron chi connectivity index (χ4n) is 4.32. The molecule has 2 aliphatic rings. The number of nitrogens with zero attached hydrogens (tertiary/aromatic N) is 1. The van der Waals surface area contributed by atoms with Crippen molar-refractivity contribution < 1.29 is 14.4 Å². The van der Waals surface area contributed by atoms with Gasteiger partial charge in [-0.3, -0.25) is 14.4 Å². The molecule has 2 aromatic rings. The summed E-state index contributed by atoms with van der Waals surface area (Å²) < 4.78 is 0. The molecule has 1 aliphatic carbocycles. The van der Waals surface area contributed by atoms with Crippen LogP contribution in [0.25, 0.3) is 0 Å². The zero-order chi connectivity index (χ0) is 20.9. The standard InChI is InChI=1S/C25H28N2O3/c28-23(21-10-9-19-6-4-7-20(19)16-21)11-12-24(29)26-17-18-5-3-8-22(15-18)25(30)27-13-1-2-14-27/h3,5,8-10,15-16H,1-2,4,6-7,11-14,17H2,(H,26,29). The van der Waals surface area contributed by atoms with Gasteiger partial charge in [0.2, 0.25) is 5.91 Å². The molecule has 0 saturated carbocycles. The number of amides is 2. The summed E-state index contributed by atoms with van der Waals surface area (Å²) in [5.74, 6) is -0.0838. The van der Waals surface area contributed by atoms with Gasteiger partial charge in [0.25, 0.3) is 5.91 Å². The van der Waals surface area contributed by atoms with E-state index in [0.29, 0.717) is 17.7 Å². The molecule has 0 unspecified atom stereocenters. The molecule has 0 spiro atoms. The van der Waals surface area contributed by atoms with Crippen molar-refractivity contribution in [2.75, 3.05) is 13.1 Å². The molecule has 1 heterocycles. The highest BCUT2D eigenvalue weighted by atomic mass is 16.2. The number of ketones is 1. The van der Waals surface area contributed by atoms with Crippen LogP contribution in [0.15, 0.2) is 42.5 Å². The molecule has 1 saturated heterocycles. The summed E-state index contributed by atoms with van der Waals surface area (Å²) >= 11 is 0. The number of fused-ring (bicyclic) bond motifs is 1. The number of hydrogen-bond donors (Lipinski definition) is 1. The van der Waals surface area contributed by atoms with E-state index in [9.17, 15) is 14.4 Å².